The lowest BCUT2D eigenvalue weighted by atomic mass is 10.1. The Labute approximate surface area is 188 Å². The first kappa shape index (κ1) is 21.6. The summed E-state index contributed by atoms with van der Waals surface area (Å²) in [6.45, 7) is 2.34. The van der Waals surface area contributed by atoms with Gasteiger partial charge in [0.15, 0.2) is 0 Å². The lowest BCUT2D eigenvalue weighted by Gasteiger charge is -2.26. The summed E-state index contributed by atoms with van der Waals surface area (Å²) >= 11 is 0. The average molecular weight is 433 g/mol. The summed E-state index contributed by atoms with van der Waals surface area (Å²) in [6.07, 6.45) is 5.43. The summed E-state index contributed by atoms with van der Waals surface area (Å²) < 4.78 is 10.6. The molecule has 0 atom stereocenters. The maximum absolute atomic E-state index is 12.7. The topological polar surface area (TPSA) is 76.6 Å². The third-order valence-electron chi connectivity index (χ3n) is 5.65. The first-order chi connectivity index (χ1) is 15.7. The van der Waals surface area contributed by atoms with Crippen molar-refractivity contribution in [3.05, 3.63) is 65.9 Å². The van der Waals surface area contributed by atoms with Crippen LogP contribution in [0.15, 0.2) is 54.7 Å². The fourth-order valence-corrected chi connectivity index (χ4v) is 3.85. The van der Waals surface area contributed by atoms with Gasteiger partial charge in [-0.2, -0.15) is 0 Å². The van der Waals surface area contributed by atoms with E-state index in [2.05, 4.69) is 15.2 Å². The summed E-state index contributed by atoms with van der Waals surface area (Å²) in [5, 5.41) is 2.95. The van der Waals surface area contributed by atoms with Crippen molar-refractivity contribution < 1.29 is 14.3 Å². The number of carbonyl (C=O) groups excluding carboxylic acids is 1. The van der Waals surface area contributed by atoms with Gasteiger partial charge in [-0.1, -0.05) is 12.1 Å². The van der Waals surface area contributed by atoms with E-state index in [0.717, 1.165) is 35.9 Å². The van der Waals surface area contributed by atoms with Gasteiger partial charge in [0, 0.05) is 42.5 Å². The maximum atomic E-state index is 12.7. The zero-order chi connectivity index (χ0) is 22.3. The van der Waals surface area contributed by atoms with Crippen molar-refractivity contribution in [2.24, 2.45) is 0 Å². The molecular weight excluding hydrogens is 404 g/mol. The van der Waals surface area contributed by atoms with E-state index in [1.54, 1.807) is 20.4 Å². The van der Waals surface area contributed by atoms with E-state index in [0.29, 0.717) is 23.6 Å². The number of aromatic nitrogens is 2. The Morgan fingerprint density at radius 1 is 1.00 bits per heavy atom. The van der Waals surface area contributed by atoms with Crippen LogP contribution in [-0.4, -0.2) is 43.2 Å². The second kappa shape index (κ2) is 10.1. The van der Waals surface area contributed by atoms with Crippen LogP contribution in [-0.2, 0) is 6.54 Å². The van der Waals surface area contributed by atoms with Gasteiger partial charge in [0.25, 0.3) is 5.91 Å². The summed E-state index contributed by atoms with van der Waals surface area (Å²) in [7, 11) is 3.22. The molecule has 166 valence electrons. The third kappa shape index (κ3) is 4.99. The molecule has 2 heterocycles. The molecule has 0 unspecified atom stereocenters. The molecule has 7 nitrogen and oxygen atoms in total. The zero-order valence-electron chi connectivity index (χ0n) is 18.5. The summed E-state index contributed by atoms with van der Waals surface area (Å²) in [5.74, 6) is 2.04. The van der Waals surface area contributed by atoms with Crippen LogP contribution in [0.4, 0.5) is 5.95 Å². The van der Waals surface area contributed by atoms with Gasteiger partial charge in [-0.25, -0.2) is 9.97 Å². The molecule has 1 amide bonds. The van der Waals surface area contributed by atoms with Crippen molar-refractivity contribution in [3.63, 3.8) is 0 Å². The highest BCUT2D eigenvalue weighted by Crippen LogP contribution is 2.24. The average Bonchev–Trinajstić information content (AvgIpc) is 2.87. The fraction of sp³-hybridized carbons (Fsp3) is 0.320. The molecule has 1 fully saturated rings. The molecule has 0 bridgehead atoms. The molecule has 7 heteroatoms. The van der Waals surface area contributed by atoms with Crippen molar-refractivity contribution in [1.82, 2.24) is 15.3 Å². The van der Waals surface area contributed by atoms with Crippen LogP contribution in [0, 0.1) is 0 Å². The van der Waals surface area contributed by atoms with Gasteiger partial charge in [0.2, 0.25) is 5.95 Å². The van der Waals surface area contributed by atoms with Gasteiger partial charge in [-0.05, 0) is 55.7 Å². The Morgan fingerprint density at radius 2 is 1.78 bits per heavy atom. The highest BCUT2D eigenvalue weighted by Gasteiger charge is 2.14. The van der Waals surface area contributed by atoms with Crippen LogP contribution in [0.25, 0.3) is 11.3 Å². The number of anilines is 1. The molecule has 0 radical (unpaired) electrons. The minimum atomic E-state index is -0.155. The number of benzene rings is 2. The van der Waals surface area contributed by atoms with Crippen molar-refractivity contribution in [3.8, 4) is 22.8 Å². The molecule has 2 aromatic carbocycles. The van der Waals surface area contributed by atoms with Crippen LogP contribution >= 0.6 is 0 Å². The number of ether oxygens (including phenoxy) is 2. The highest BCUT2D eigenvalue weighted by molar-refractivity contribution is 5.94. The van der Waals surface area contributed by atoms with E-state index < -0.39 is 0 Å². The lowest BCUT2D eigenvalue weighted by molar-refractivity contribution is 0.0950. The zero-order valence-corrected chi connectivity index (χ0v) is 18.5. The maximum Gasteiger partial charge on any atom is 0.251 e. The van der Waals surface area contributed by atoms with Crippen molar-refractivity contribution in [1.29, 1.82) is 0 Å². The minimum Gasteiger partial charge on any atom is -0.497 e. The monoisotopic (exact) mass is 432 g/mol. The lowest BCUT2D eigenvalue weighted by Crippen LogP contribution is -2.30. The van der Waals surface area contributed by atoms with Gasteiger partial charge < -0.3 is 19.7 Å². The Kier molecular flexibility index (Phi) is 6.84. The second-order valence-corrected chi connectivity index (χ2v) is 7.73. The standard InChI is InChI=1S/C25H28N4O3/c1-31-21-10-11-23(32-2)20(16-21)17-27-24(30)19-8-6-18(7-9-19)22-12-13-26-25(28-22)29-14-4-3-5-15-29/h6-13,16H,3-5,14-15,17H2,1-2H3,(H,27,30). The van der Waals surface area contributed by atoms with Crippen LogP contribution in [0.2, 0.25) is 0 Å². The van der Waals surface area contributed by atoms with Gasteiger partial charge in [0.05, 0.1) is 19.9 Å². The molecule has 32 heavy (non-hydrogen) atoms. The third-order valence-corrected chi connectivity index (χ3v) is 5.65. The molecule has 0 spiro atoms. The van der Waals surface area contributed by atoms with E-state index in [1.807, 2.05) is 48.5 Å². The number of amides is 1. The Hall–Kier alpha value is -3.61. The fourth-order valence-electron chi connectivity index (χ4n) is 3.85. The van der Waals surface area contributed by atoms with Crippen molar-refractivity contribution in [2.45, 2.75) is 25.8 Å². The molecule has 3 aromatic rings. The first-order valence-corrected chi connectivity index (χ1v) is 10.9. The van der Waals surface area contributed by atoms with E-state index >= 15 is 0 Å². The number of hydrogen-bond donors (Lipinski definition) is 1. The highest BCUT2D eigenvalue weighted by atomic mass is 16.5. The summed E-state index contributed by atoms with van der Waals surface area (Å²) in [6, 6.07) is 14.9. The molecular formula is C25H28N4O3. The number of nitrogens with zero attached hydrogens (tertiary/aromatic N) is 3. The molecule has 0 aliphatic carbocycles. The van der Waals surface area contributed by atoms with Crippen LogP contribution in [0.1, 0.15) is 35.2 Å². The Bertz CT molecular complexity index is 1060. The van der Waals surface area contributed by atoms with Crippen LogP contribution in [0.3, 0.4) is 0 Å². The number of carbonyl (C=O) groups is 1. The van der Waals surface area contributed by atoms with Crippen LogP contribution < -0.4 is 19.7 Å². The molecule has 0 saturated carbocycles. The first-order valence-electron chi connectivity index (χ1n) is 10.9. The molecule has 1 N–H and O–H groups in total. The van der Waals surface area contributed by atoms with Gasteiger partial charge in [-0.3, -0.25) is 4.79 Å². The summed E-state index contributed by atoms with van der Waals surface area (Å²) in [4.78, 5) is 24.1. The van der Waals surface area contributed by atoms with Gasteiger partial charge in [-0.15, -0.1) is 0 Å². The number of nitrogens with one attached hydrogen (secondary N) is 1. The Morgan fingerprint density at radius 3 is 2.50 bits per heavy atom. The van der Waals surface area contributed by atoms with Crippen molar-refractivity contribution in [2.75, 3.05) is 32.2 Å². The predicted molar refractivity (Wildman–Crippen MR) is 124 cm³/mol. The normalized spacial score (nSPS) is 13.5. The van der Waals surface area contributed by atoms with E-state index in [1.165, 1.54) is 19.3 Å². The molecule has 1 aromatic heterocycles. The second-order valence-electron chi connectivity index (χ2n) is 7.73. The van der Waals surface area contributed by atoms with Crippen molar-refractivity contribution >= 4 is 11.9 Å². The minimum absolute atomic E-state index is 0.155. The largest absolute Gasteiger partial charge is 0.497 e. The molecule has 1 saturated heterocycles. The van der Waals surface area contributed by atoms with Crippen LogP contribution in [0.5, 0.6) is 11.5 Å². The predicted octanol–water partition coefficient (Wildman–Crippen LogP) is 4.08. The number of hydrogen-bond acceptors (Lipinski definition) is 6. The number of rotatable bonds is 7. The van der Waals surface area contributed by atoms with E-state index in [9.17, 15) is 4.79 Å². The smallest absolute Gasteiger partial charge is 0.251 e. The SMILES string of the molecule is COc1ccc(OC)c(CNC(=O)c2ccc(-c3ccnc(N4CCCCC4)n3)cc2)c1. The van der Waals surface area contributed by atoms with Gasteiger partial charge in [0.1, 0.15) is 11.5 Å². The van der Waals surface area contributed by atoms with E-state index in [-0.39, 0.29) is 5.91 Å². The van der Waals surface area contributed by atoms with E-state index in [4.69, 9.17) is 14.5 Å². The molecule has 1 aliphatic rings. The Balaban J connectivity index is 1.43. The molecule has 4 rings (SSSR count). The number of piperidine rings is 1. The summed E-state index contributed by atoms with van der Waals surface area (Å²) in [5.41, 5.74) is 3.24. The number of methoxy groups -OCH3 is 2. The molecule has 1 aliphatic heterocycles. The quantitative estimate of drug-likeness (QED) is 0.606. The van der Waals surface area contributed by atoms with Gasteiger partial charge >= 0.3 is 0 Å².